The Hall–Kier alpha value is -0.740. The second kappa shape index (κ2) is 9.24. The van der Waals surface area contributed by atoms with E-state index in [4.69, 9.17) is 15.4 Å². The Labute approximate surface area is 126 Å². The summed E-state index contributed by atoms with van der Waals surface area (Å²) in [5, 5.41) is 0. The first-order valence-electron chi connectivity index (χ1n) is 7.21. The molecular formula is C15H23ClO3S. The van der Waals surface area contributed by atoms with Gasteiger partial charge in [-0.3, -0.25) is 0 Å². The number of hydrogen-bond donors (Lipinski definition) is 0. The van der Waals surface area contributed by atoms with Crippen LogP contribution >= 0.6 is 10.7 Å². The Balaban J connectivity index is 2.16. The van der Waals surface area contributed by atoms with E-state index in [2.05, 4.69) is 6.92 Å². The van der Waals surface area contributed by atoms with Crippen LogP contribution in [0.15, 0.2) is 29.2 Å². The first-order valence-corrected chi connectivity index (χ1v) is 9.52. The predicted molar refractivity (Wildman–Crippen MR) is 83.0 cm³/mol. The van der Waals surface area contributed by atoms with Gasteiger partial charge < -0.3 is 4.74 Å². The van der Waals surface area contributed by atoms with Crippen LogP contribution in [0.25, 0.3) is 0 Å². The van der Waals surface area contributed by atoms with Crippen LogP contribution in [0.1, 0.15) is 51.9 Å². The highest BCUT2D eigenvalue weighted by Gasteiger charge is 2.08. The van der Waals surface area contributed by atoms with Gasteiger partial charge in [-0.15, -0.1) is 0 Å². The van der Waals surface area contributed by atoms with Crippen LogP contribution in [0.3, 0.4) is 0 Å². The van der Waals surface area contributed by atoms with E-state index in [0.717, 1.165) is 6.42 Å². The standard InChI is InChI=1S/C15H23ClO3S/c1-2-3-4-5-6-7-8-13-19-14-9-11-15(12-10-14)20(16,17)18/h9-12H,2-8,13H2,1H3. The second-order valence-corrected chi connectivity index (χ2v) is 7.44. The molecule has 0 amide bonds. The Morgan fingerprint density at radius 2 is 1.50 bits per heavy atom. The molecule has 0 aromatic heterocycles. The average Bonchev–Trinajstić information content (AvgIpc) is 2.41. The van der Waals surface area contributed by atoms with Gasteiger partial charge in [0.05, 0.1) is 11.5 Å². The van der Waals surface area contributed by atoms with Crippen molar-refractivity contribution in [2.75, 3.05) is 6.61 Å². The van der Waals surface area contributed by atoms with Crippen LogP contribution in [0.2, 0.25) is 0 Å². The molecule has 0 spiro atoms. The van der Waals surface area contributed by atoms with Gasteiger partial charge in [-0.1, -0.05) is 45.4 Å². The molecule has 0 radical (unpaired) electrons. The molecule has 0 aliphatic carbocycles. The minimum atomic E-state index is -3.64. The van der Waals surface area contributed by atoms with E-state index in [1.54, 1.807) is 12.1 Å². The minimum absolute atomic E-state index is 0.0995. The maximum Gasteiger partial charge on any atom is 0.261 e. The van der Waals surface area contributed by atoms with Crippen LogP contribution in [0.4, 0.5) is 0 Å². The van der Waals surface area contributed by atoms with Crippen molar-refractivity contribution in [3.8, 4) is 5.75 Å². The maximum absolute atomic E-state index is 11.1. The lowest BCUT2D eigenvalue weighted by Crippen LogP contribution is -1.98. The molecular weight excluding hydrogens is 296 g/mol. The average molecular weight is 319 g/mol. The molecule has 5 heteroatoms. The van der Waals surface area contributed by atoms with Crippen LogP contribution in [-0.2, 0) is 9.05 Å². The van der Waals surface area contributed by atoms with E-state index in [9.17, 15) is 8.42 Å². The first kappa shape index (κ1) is 17.3. The molecule has 0 N–H and O–H groups in total. The number of unbranched alkanes of at least 4 members (excludes halogenated alkanes) is 6. The number of ether oxygens (including phenoxy) is 1. The molecule has 0 atom stereocenters. The zero-order chi connectivity index (χ0) is 14.8. The van der Waals surface area contributed by atoms with Gasteiger partial charge in [0.25, 0.3) is 9.05 Å². The SMILES string of the molecule is CCCCCCCCCOc1ccc(S(=O)(=O)Cl)cc1. The summed E-state index contributed by atoms with van der Waals surface area (Å²) in [5.74, 6) is 0.681. The Bertz CT molecular complexity index is 468. The van der Waals surface area contributed by atoms with Crippen molar-refractivity contribution in [2.24, 2.45) is 0 Å². The van der Waals surface area contributed by atoms with E-state index in [0.29, 0.717) is 12.4 Å². The summed E-state index contributed by atoms with van der Waals surface area (Å²) in [7, 11) is 1.60. The highest BCUT2D eigenvalue weighted by atomic mass is 35.7. The van der Waals surface area contributed by atoms with Gasteiger partial charge in [-0.2, -0.15) is 0 Å². The first-order chi connectivity index (χ1) is 9.54. The third kappa shape index (κ3) is 7.15. The molecule has 20 heavy (non-hydrogen) atoms. The van der Waals surface area contributed by atoms with Crippen molar-refractivity contribution in [1.82, 2.24) is 0 Å². The Kier molecular flexibility index (Phi) is 8.00. The van der Waals surface area contributed by atoms with Crippen molar-refractivity contribution < 1.29 is 13.2 Å². The molecule has 1 aromatic rings. The summed E-state index contributed by atoms with van der Waals surface area (Å²) in [5.41, 5.74) is 0. The Morgan fingerprint density at radius 1 is 0.950 bits per heavy atom. The molecule has 3 nitrogen and oxygen atoms in total. The molecule has 0 aliphatic heterocycles. The fourth-order valence-electron chi connectivity index (χ4n) is 1.95. The van der Waals surface area contributed by atoms with E-state index in [-0.39, 0.29) is 4.90 Å². The van der Waals surface area contributed by atoms with Crippen LogP contribution in [0, 0.1) is 0 Å². The van der Waals surface area contributed by atoms with Gasteiger partial charge in [0.15, 0.2) is 0 Å². The number of hydrogen-bond acceptors (Lipinski definition) is 3. The van der Waals surface area contributed by atoms with Crippen molar-refractivity contribution in [1.29, 1.82) is 0 Å². The summed E-state index contributed by atoms with van der Waals surface area (Å²) < 4.78 is 27.7. The molecule has 0 saturated heterocycles. The highest BCUT2D eigenvalue weighted by molar-refractivity contribution is 8.13. The van der Waals surface area contributed by atoms with Crippen molar-refractivity contribution in [2.45, 2.75) is 56.8 Å². The van der Waals surface area contributed by atoms with Crippen LogP contribution in [0.5, 0.6) is 5.75 Å². The number of halogens is 1. The van der Waals surface area contributed by atoms with Gasteiger partial charge >= 0.3 is 0 Å². The summed E-state index contributed by atoms with van der Waals surface area (Å²) >= 11 is 0. The number of rotatable bonds is 10. The van der Waals surface area contributed by atoms with Gasteiger partial charge in [0.2, 0.25) is 0 Å². The monoisotopic (exact) mass is 318 g/mol. The maximum atomic E-state index is 11.1. The molecule has 0 bridgehead atoms. The molecule has 0 saturated carbocycles. The largest absolute Gasteiger partial charge is 0.494 e. The quantitative estimate of drug-likeness (QED) is 0.462. The van der Waals surface area contributed by atoms with Crippen molar-refractivity contribution in [3.63, 3.8) is 0 Å². The smallest absolute Gasteiger partial charge is 0.261 e. The molecule has 0 aliphatic rings. The lowest BCUT2D eigenvalue weighted by molar-refractivity contribution is 0.304. The van der Waals surface area contributed by atoms with Crippen molar-refractivity contribution in [3.05, 3.63) is 24.3 Å². The van der Waals surface area contributed by atoms with Gasteiger partial charge in [-0.05, 0) is 30.7 Å². The van der Waals surface area contributed by atoms with E-state index < -0.39 is 9.05 Å². The van der Waals surface area contributed by atoms with E-state index >= 15 is 0 Å². The fraction of sp³-hybridized carbons (Fsp3) is 0.600. The third-order valence-electron chi connectivity index (χ3n) is 3.12. The molecule has 0 unspecified atom stereocenters. The second-order valence-electron chi connectivity index (χ2n) is 4.88. The molecule has 1 rings (SSSR count). The van der Waals surface area contributed by atoms with Crippen molar-refractivity contribution >= 4 is 19.7 Å². The molecule has 114 valence electrons. The van der Waals surface area contributed by atoms with Gasteiger partial charge in [-0.25, -0.2) is 8.42 Å². The van der Waals surface area contributed by atoms with Crippen LogP contribution < -0.4 is 4.74 Å². The minimum Gasteiger partial charge on any atom is -0.494 e. The summed E-state index contributed by atoms with van der Waals surface area (Å²) in [6.07, 6.45) is 8.69. The lowest BCUT2D eigenvalue weighted by Gasteiger charge is -2.06. The topological polar surface area (TPSA) is 43.4 Å². The fourth-order valence-corrected chi connectivity index (χ4v) is 2.72. The molecule has 0 fully saturated rings. The van der Waals surface area contributed by atoms with Crippen LogP contribution in [-0.4, -0.2) is 15.0 Å². The van der Waals surface area contributed by atoms with E-state index in [1.165, 1.54) is 50.7 Å². The Morgan fingerprint density at radius 3 is 2.05 bits per heavy atom. The zero-order valence-corrected chi connectivity index (χ0v) is 13.5. The highest BCUT2D eigenvalue weighted by Crippen LogP contribution is 2.19. The molecule has 0 heterocycles. The zero-order valence-electron chi connectivity index (χ0n) is 12.0. The summed E-state index contributed by atoms with van der Waals surface area (Å²) in [4.78, 5) is 0.0995. The number of benzene rings is 1. The van der Waals surface area contributed by atoms with Gasteiger partial charge in [0, 0.05) is 10.7 Å². The van der Waals surface area contributed by atoms with Gasteiger partial charge in [0.1, 0.15) is 5.75 Å². The third-order valence-corrected chi connectivity index (χ3v) is 4.49. The molecule has 1 aromatic carbocycles. The normalized spacial score (nSPS) is 11.5. The lowest BCUT2D eigenvalue weighted by atomic mass is 10.1. The summed E-state index contributed by atoms with van der Waals surface area (Å²) in [6, 6.07) is 6.19. The predicted octanol–water partition coefficient (Wildman–Crippen LogP) is 4.74. The van der Waals surface area contributed by atoms with E-state index in [1.807, 2.05) is 0 Å². The summed E-state index contributed by atoms with van der Waals surface area (Å²) in [6.45, 7) is 2.88.